The van der Waals surface area contributed by atoms with Gasteiger partial charge in [-0.3, -0.25) is 9.78 Å². The monoisotopic (exact) mass is 504 g/mol. The highest BCUT2D eigenvalue weighted by Crippen LogP contribution is 2.41. The van der Waals surface area contributed by atoms with Gasteiger partial charge in [0.2, 0.25) is 5.91 Å². The Morgan fingerprint density at radius 1 is 1.30 bits per heavy atom. The van der Waals surface area contributed by atoms with E-state index in [2.05, 4.69) is 37.6 Å². The van der Waals surface area contributed by atoms with Gasteiger partial charge in [-0.05, 0) is 58.5 Å². The molecule has 2 atom stereocenters. The first-order chi connectivity index (χ1) is 14.5. The molecule has 0 spiro atoms. The van der Waals surface area contributed by atoms with E-state index in [1.54, 1.807) is 35.7 Å². The third-order valence-electron chi connectivity index (χ3n) is 4.80. The molecule has 2 N–H and O–H groups in total. The number of nitrogens with zero attached hydrogens (tertiary/aromatic N) is 2. The Balaban J connectivity index is 1.52. The van der Waals surface area contributed by atoms with Crippen LogP contribution < -0.4 is 10.6 Å². The first-order valence-corrected chi connectivity index (χ1v) is 11.4. The van der Waals surface area contributed by atoms with E-state index < -0.39 is 5.82 Å². The summed E-state index contributed by atoms with van der Waals surface area (Å²) in [5, 5.41) is 8.58. The number of pyridine rings is 1. The minimum absolute atomic E-state index is 0.0926. The second-order valence-electron chi connectivity index (χ2n) is 6.77. The molecule has 0 unspecified atom stereocenters. The number of thiophene rings is 1. The van der Waals surface area contributed by atoms with E-state index in [4.69, 9.17) is 12.2 Å². The van der Waals surface area contributed by atoms with Gasteiger partial charge in [0.15, 0.2) is 5.11 Å². The molecule has 0 bridgehead atoms. The van der Waals surface area contributed by atoms with Crippen LogP contribution in [0, 0.1) is 5.82 Å². The van der Waals surface area contributed by atoms with Crippen molar-refractivity contribution in [3.63, 3.8) is 0 Å². The van der Waals surface area contributed by atoms with Gasteiger partial charge in [-0.2, -0.15) is 0 Å². The summed E-state index contributed by atoms with van der Waals surface area (Å²) in [4.78, 5) is 20.1. The number of benzene rings is 1. The van der Waals surface area contributed by atoms with Crippen molar-refractivity contribution in [2.75, 3.05) is 11.9 Å². The number of carbonyl (C=O) groups excluding carboxylic acids is 1. The van der Waals surface area contributed by atoms with Crippen molar-refractivity contribution in [2.24, 2.45) is 0 Å². The van der Waals surface area contributed by atoms with Gasteiger partial charge in [-0.15, -0.1) is 11.3 Å². The first-order valence-electron chi connectivity index (χ1n) is 9.29. The largest absolute Gasteiger partial charge is 0.352 e. The minimum Gasteiger partial charge on any atom is -0.352 e. The predicted molar refractivity (Wildman–Crippen MR) is 124 cm³/mol. The lowest BCUT2D eigenvalue weighted by molar-refractivity contribution is -0.116. The van der Waals surface area contributed by atoms with E-state index in [-0.39, 0.29) is 30.1 Å². The van der Waals surface area contributed by atoms with Crippen LogP contribution in [0.25, 0.3) is 0 Å². The van der Waals surface area contributed by atoms with E-state index in [9.17, 15) is 9.18 Å². The van der Waals surface area contributed by atoms with Crippen molar-refractivity contribution in [3.8, 4) is 0 Å². The number of hydrogen-bond donors (Lipinski definition) is 2. The summed E-state index contributed by atoms with van der Waals surface area (Å²) in [6, 6.07) is 13.7. The number of aromatic nitrogens is 1. The number of thiocarbonyl (C=S) groups is 1. The van der Waals surface area contributed by atoms with Gasteiger partial charge >= 0.3 is 0 Å². The number of rotatable bonds is 6. The molecular formula is C21H18BrFN4OS2. The van der Waals surface area contributed by atoms with Crippen LogP contribution in [0.1, 0.15) is 29.1 Å². The molecule has 0 saturated carbocycles. The number of nitrogens with one attached hydrogen (secondary N) is 2. The predicted octanol–water partition coefficient (Wildman–Crippen LogP) is 5.05. The standard InChI is InChI=1S/C21H18BrFN4OS2/c22-13-11-17(30-12-13)20-19(16-7-3-4-9-24-16)26-21(29)27(20)10-8-18(28)25-15-6-2-1-5-14(15)23/h1-7,9,11-12,19-20H,8,10H2,(H,25,28)(H,26,29)/t19-,20-/m1/s1. The molecule has 1 saturated heterocycles. The fraction of sp³-hybridized carbons (Fsp3) is 0.190. The molecule has 5 nitrogen and oxygen atoms in total. The molecule has 1 fully saturated rings. The van der Waals surface area contributed by atoms with Gasteiger partial charge < -0.3 is 15.5 Å². The van der Waals surface area contributed by atoms with Crippen LogP contribution in [0.2, 0.25) is 0 Å². The minimum atomic E-state index is -0.458. The SMILES string of the molecule is O=C(CCN1C(=S)N[C@H](c2ccccn2)[C@H]1c1cc(Br)cs1)Nc1ccccc1F. The summed E-state index contributed by atoms with van der Waals surface area (Å²) in [6.45, 7) is 0.398. The molecule has 0 radical (unpaired) electrons. The van der Waals surface area contributed by atoms with Gasteiger partial charge in [0.1, 0.15) is 5.82 Å². The van der Waals surface area contributed by atoms with Crippen molar-refractivity contribution in [3.05, 3.63) is 81.0 Å². The number of anilines is 1. The van der Waals surface area contributed by atoms with Crippen molar-refractivity contribution in [1.82, 2.24) is 15.2 Å². The fourth-order valence-corrected chi connectivity index (χ4v) is 5.36. The molecule has 1 aliphatic rings. The molecule has 154 valence electrons. The molecular weight excluding hydrogens is 487 g/mol. The maximum absolute atomic E-state index is 13.8. The average molecular weight is 505 g/mol. The van der Waals surface area contributed by atoms with Crippen LogP contribution in [0.4, 0.5) is 10.1 Å². The lowest BCUT2D eigenvalue weighted by atomic mass is 10.0. The van der Waals surface area contributed by atoms with E-state index in [0.29, 0.717) is 11.7 Å². The second kappa shape index (κ2) is 9.20. The molecule has 2 aromatic heterocycles. The lowest BCUT2D eigenvalue weighted by Crippen LogP contribution is -2.32. The van der Waals surface area contributed by atoms with Gasteiger partial charge in [0.25, 0.3) is 0 Å². The van der Waals surface area contributed by atoms with Crippen LogP contribution in [-0.2, 0) is 4.79 Å². The second-order valence-corrected chi connectivity index (χ2v) is 9.01. The maximum Gasteiger partial charge on any atom is 0.226 e. The zero-order valence-electron chi connectivity index (χ0n) is 15.7. The number of halogens is 2. The molecule has 3 aromatic rings. The molecule has 1 aromatic carbocycles. The zero-order valence-corrected chi connectivity index (χ0v) is 18.9. The third-order valence-corrected chi connectivity index (χ3v) is 6.92. The number of hydrogen-bond acceptors (Lipinski definition) is 4. The summed E-state index contributed by atoms with van der Waals surface area (Å²) >= 11 is 10.7. The van der Waals surface area contributed by atoms with Gasteiger partial charge in [0, 0.05) is 33.9 Å². The Hall–Kier alpha value is -2.36. The lowest BCUT2D eigenvalue weighted by Gasteiger charge is -2.26. The number of para-hydroxylation sites is 1. The van der Waals surface area contributed by atoms with Gasteiger partial charge in [-0.25, -0.2) is 4.39 Å². The van der Waals surface area contributed by atoms with Crippen LogP contribution in [0.5, 0.6) is 0 Å². The summed E-state index contributed by atoms with van der Waals surface area (Å²) in [5.74, 6) is -0.726. The molecule has 3 heterocycles. The Bertz CT molecular complexity index is 1060. The van der Waals surface area contributed by atoms with Crippen molar-refractivity contribution >= 4 is 56.2 Å². The van der Waals surface area contributed by atoms with E-state index in [1.165, 1.54) is 6.07 Å². The van der Waals surface area contributed by atoms with Crippen molar-refractivity contribution in [2.45, 2.75) is 18.5 Å². The molecule has 30 heavy (non-hydrogen) atoms. The first kappa shape index (κ1) is 20.9. The van der Waals surface area contributed by atoms with E-state index >= 15 is 0 Å². The quantitative estimate of drug-likeness (QED) is 0.460. The zero-order chi connectivity index (χ0) is 21.1. The molecule has 4 rings (SSSR count). The highest BCUT2D eigenvalue weighted by Gasteiger charge is 2.40. The van der Waals surface area contributed by atoms with Crippen LogP contribution in [-0.4, -0.2) is 27.4 Å². The Morgan fingerprint density at radius 2 is 2.10 bits per heavy atom. The van der Waals surface area contributed by atoms with E-state index in [0.717, 1.165) is 15.0 Å². The van der Waals surface area contributed by atoms with Crippen LogP contribution in [0.3, 0.4) is 0 Å². The van der Waals surface area contributed by atoms with E-state index in [1.807, 2.05) is 28.5 Å². The van der Waals surface area contributed by atoms with Gasteiger partial charge in [0.05, 0.1) is 23.5 Å². The average Bonchev–Trinajstić information content (AvgIpc) is 3.31. The highest BCUT2D eigenvalue weighted by atomic mass is 79.9. The van der Waals surface area contributed by atoms with Crippen molar-refractivity contribution in [1.29, 1.82) is 0 Å². The Labute approximate surface area is 191 Å². The number of carbonyl (C=O) groups is 1. The Kier molecular flexibility index (Phi) is 6.40. The molecule has 9 heteroatoms. The third kappa shape index (κ3) is 4.53. The molecule has 1 aliphatic heterocycles. The molecule has 1 amide bonds. The molecule has 0 aliphatic carbocycles. The maximum atomic E-state index is 13.8. The van der Waals surface area contributed by atoms with Crippen LogP contribution in [0.15, 0.2) is 64.6 Å². The Morgan fingerprint density at radius 3 is 2.80 bits per heavy atom. The summed E-state index contributed by atoms with van der Waals surface area (Å²) in [7, 11) is 0. The summed E-state index contributed by atoms with van der Waals surface area (Å²) in [5.41, 5.74) is 1.06. The number of amides is 1. The van der Waals surface area contributed by atoms with Crippen molar-refractivity contribution < 1.29 is 9.18 Å². The summed E-state index contributed by atoms with van der Waals surface area (Å²) in [6.07, 6.45) is 1.93. The van der Waals surface area contributed by atoms with Crippen LogP contribution >= 0.6 is 39.5 Å². The smallest absolute Gasteiger partial charge is 0.226 e. The highest BCUT2D eigenvalue weighted by molar-refractivity contribution is 9.10. The topological polar surface area (TPSA) is 57.3 Å². The normalized spacial score (nSPS) is 18.3. The van der Waals surface area contributed by atoms with Gasteiger partial charge in [-0.1, -0.05) is 18.2 Å². The fourth-order valence-electron chi connectivity index (χ4n) is 3.44. The summed E-state index contributed by atoms with van der Waals surface area (Å²) < 4.78 is 14.8.